The molecule has 0 saturated carbocycles. The highest BCUT2D eigenvalue weighted by molar-refractivity contribution is 6.42. The molecule has 146 valence electrons. The van der Waals surface area contributed by atoms with Gasteiger partial charge < -0.3 is 9.84 Å². The molecular formula is C21H19Cl2NO4. The van der Waals surface area contributed by atoms with Crippen LogP contribution in [-0.4, -0.2) is 28.2 Å². The minimum absolute atomic E-state index is 0.0453. The minimum atomic E-state index is -0.605. The summed E-state index contributed by atoms with van der Waals surface area (Å²) in [7, 11) is 0. The monoisotopic (exact) mass is 419 g/mol. The number of phenols is 1. The van der Waals surface area contributed by atoms with Gasteiger partial charge in [-0.2, -0.15) is 0 Å². The van der Waals surface area contributed by atoms with Crippen LogP contribution < -0.4 is 0 Å². The van der Waals surface area contributed by atoms with Crippen molar-refractivity contribution in [3.8, 4) is 5.75 Å². The Morgan fingerprint density at radius 1 is 1.14 bits per heavy atom. The first kappa shape index (κ1) is 20.2. The van der Waals surface area contributed by atoms with Crippen molar-refractivity contribution >= 4 is 46.0 Å². The number of benzene rings is 2. The molecule has 0 aliphatic rings. The Kier molecular flexibility index (Phi) is 5.68. The van der Waals surface area contributed by atoms with Crippen LogP contribution in [0.25, 0.3) is 10.9 Å². The fourth-order valence-electron chi connectivity index (χ4n) is 3.38. The number of rotatable bonds is 4. The third-order valence-electron chi connectivity index (χ3n) is 4.68. The molecule has 2 aromatic carbocycles. The van der Waals surface area contributed by atoms with E-state index in [2.05, 4.69) is 0 Å². The first-order valence-corrected chi connectivity index (χ1v) is 9.52. The summed E-state index contributed by atoms with van der Waals surface area (Å²) in [6.45, 7) is 5.48. The third kappa shape index (κ3) is 3.48. The van der Waals surface area contributed by atoms with Gasteiger partial charge in [0.1, 0.15) is 5.75 Å². The molecule has 0 bridgehead atoms. The summed E-state index contributed by atoms with van der Waals surface area (Å²) in [4.78, 5) is 25.6. The van der Waals surface area contributed by atoms with Crippen LogP contribution in [0.3, 0.4) is 0 Å². The number of halogens is 2. The number of aromatic hydroxyl groups is 1. The van der Waals surface area contributed by atoms with Crippen molar-refractivity contribution < 1.29 is 19.4 Å². The highest BCUT2D eigenvalue weighted by Gasteiger charge is 2.27. The number of phenolic OH excluding ortho intramolecular Hbond substituents is 1. The lowest BCUT2D eigenvalue weighted by Crippen LogP contribution is -2.16. The lowest BCUT2D eigenvalue weighted by Gasteiger charge is -2.12. The number of carbonyl (C=O) groups is 2. The molecule has 1 N–H and O–H groups in total. The van der Waals surface area contributed by atoms with E-state index in [9.17, 15) is 14.7 Å². The molecule has 0 amide bonds. The van der Waals surface area contributed by atoms with Gasteiger partial charge in [0, 0.05) is 16.6 Å². The van der Waals surface area contributed by atoms with Gasteiger partial charge in [-0.05, 0) is 62.7 Å². The largest absolute Gasteiger partial charge is 0.508 e. The van der Waals surface area contributed by atoms with E-state index in [1.807, 2.05) is 0 Å². The average Bonchev–Trinajstić information content (AvgIpc) is 2.94. The maximum atomic E-state index is 13.2. The van der Waals surface area contributed by atoms with Crippen LogP contribution in [0.5, 0.6) is 5.75 Å². The molecule has 0 spiro atoms. The number of hydrogen-bond acceptors (Lipinski definition) is 4. The van der Waals surface area contributed by atoms with E-state index in [4.69, 9.17) is 27.9 Å². The van der Waals surface area contributed by atoms with Crippen molar-refractivity contribution in [1.82, 2.24) is 4.57 Å². The molecule has 0 radical (unpaired) electrons. The Bertz CT molecular complexity index is 1090. The van der Waals surface area contributed by atoms with Crippen LogP contribution in [0, 0.1) is 6.92 Å². The zero-order valence-corrected chi connectivity index (χ0v) is 17.1. The van der Waals surface area contributed by atoms with Gasteiger partial charge >= 0.3 is 5.97 Å². The SMILES string of the molecule is CCOC(=O)[C@@H](C)c1c(C)n(C(=O)c2ccc(Cl)c(Cl)c2)c2ccc(O)cc12. The fraction of sp³-hybridized carbons (Fsp3) is 0.238. The summed E-state index contributed by atoms with van der Waals surface area (Å²) in [6, 6.07) is 9.36. The normalized spacial score (nSPS) is 12.2. The molecule has 3 rings (SSSR count). The van der Waals surface area contributed by atoms with Gasteiger partial charge in [-0.3, -0.25) is 14.2 Å². The Morgan fingerprint density at radius 2 is 1.86 bits per heavy atom. The van der Waals surface area contributed by atoms with E-state index < -0.39 is 11.9 Å². The van der Waals surface area contributed by atoms with Gasteiger partial charge in [0.15, 0.2) is 0 Å². The number of carbonyl (C=O) groups excluding carboxylic acids is 2. The minimum Gasteiger partial charge on any atom is -0.508 e. The molecular weight excluding hydrogens is 401 g/mol. The molecule has 1 aromatic heterocycles. The predicted molar refractivity (Wildman–Crippen MR) is 110 cm³/mol. The van der Waals surface area contributed by atoms with Gasteiger partial charge in [-0.25, -0.2) is 0 Å². The first-order chi connectivity index (χ1) is 13.3. The molecule has 0 aliphatic heterocycles. The number of ether oxygens (including phenoxy) is 1. The summed E-state index contributed by atoms with van der Waals surface area (Å²) in [5, 5.41) is 11.2. The molecule has 5 nitrogen and oxygen atoms in total. The quantitative estimate of drug-likeness (QED) is 0.581. The highest BCUT2D eigenvalue weighted by atomic mass is 35.5. The lowest BCUT2D eigenvalue weighted by molar-refractivity contribution is -0.144. The second kappa shape index (κ2) is 7.86. The van der Waals surface area contributed by atoms with Gasteiger partial charge in [0.05, 0.1) is 28.1 Å². The lowest BCUT2D eigenvalue weighted by atomic mass is 9.98. The Labute approximate surface area is 172 Å². The molecule has 0 fully saturated rings. The molecule has 0 aliphatic carbocycles. The summed E-state index contributed by atoms with van der Waals surface area (Å²) >= 11 is 12.0. The van der Waals surface area contributed by atoms with Crippen LogP contribution in [0.1, 0.15) is 41.4 Å². The molecule has 0 saturated heterocycles. The van der Waals surface area contributed by atoms with Crippen molar-refractivity contribution in [1.29, 1.82) is 0 Å². The third-order valence-corrected chi connectivity index (χ3v) is 5.42. The van der Waals surface area contributed by atoms with Crippen molar-refractivity contribution in [3.05, 3.63) is 63.3 Å². The Morgan fingerprint density at radius 3 is 2.50 bits per heavy atom. The zero-order valence-electron chi connectivity index (χ0n) is 15.6. The molecule has 0 unspecified atom stereocenters. The predicted octanol–water partition coefficient (Wildman–Crippen LogP) is 5.32. The van der Waals surface area contributed by atoms with Crippen LogP contribution in [0.4, 0.5) is 0 Å². The summed E-state index contributed by atoms with van der Waals surface area (Å²) in [5.74, 6) is -1.26. The highest BCUT2D eigenvalue weighted by Crippen LogP contribution is 2.35. The number of esters is 1. The number of fused-ring (bicyclic) bond motifs is 1. The summed E-state index contributed by atoms with van der Waals surface area (Å²) in [5.41, 5.74) is 2.17. The fourth-order valence-corrected chi connectivity index (χ4v) is 3.68. The zero-order chi connectivity index (χ0) is 20.6. The van der Waals surface area contributed by atoms with Crippen molar-refractivity contribution in [3.63, 3.8) is 0 Å². The summed E-state index contributed by atoms with van der Waals surface area (Å²) in [6.07, 6.45) is 0. The standard InChI is InChI=1S/C21H19Cl2NO4/c1-4-28-21(27)11(2)19-12(3)24(18-8-6-14(25)10-15(18)19)20(26)13-5-7-16(22)17(23)9-13/h5-11,25H,4H2,1-3H3/t11-/m0/s1. The smallest absolute Gasteiger partial charge is 0.313 e. The van der Waals surface area contributed by atoms with E-state index in [1.165, 1.54) is 16.7 Å². The molecule has 7 heteroatoms. The van der Waals surface area contributed by atoms with Crippen LogP contribution in [0.2, 0.25) is 10.0 Å². The molecule has 3 aromatic rings. The van der Waals surface area contributed by atoms with E-state index >= 15 is 0 Å². The average molecular weight is 420 g/mol. The van der Waals surface area contributed by atoms with E-state index in [1.54, 1.807) is 45.0 Å². The maximum Gasteiger partial charge on any atom is 0.313 e. The topological polar surface area (TPSA) is 68.5 Å². The first-order valence-electron chi connectivity index (χ1n) is 8.76. The van der Waals surface area contributed by atoms with Crippen LogP contribution >= 0.6 is 23.2 Å². The van der Waals surface area contributed by atoms with Crippen LogP contribution in [0.15, 0.2) is 36.4 Å². The molecule has 1 heterocycles. The second-order valence-electron chi connectivity index (χ2n) is 6.44. The number of aromatic nitrogens is 1. The second-order valence-corrected chi connectivity index (χ2v) is 7.26. The van der Waals surface area contributed by atoms with Gasteiger partial charge in [-0.15, -0.1) is 0 Å². The van der Waals surface area contributed by atoms with Crippen LogP contribution in [-0.2, 0) is 9.53 Å². The van der Waals surface area contributed by atoms with Gasteiger partial charge in [0.2, 0.25) is 0 Å². The van der Waals surface area contributed by atoms with E-state index in [-0.39, 0.29) is 23.3 Å². The molecule has 1 atom stereocenters. The van der Waals surface area contributed by atoms with E-state index in [0.717, 1.165) is 0 Å². The number of hydrogen-bond donors (Lipinski definition) is 1. The maximum absolute atomic E-state index is 13.2. The van der Waals surface area contributed by atoms with Crippen molar-refractivity contribution in [2.45, 2.75) is 26.7 Å². The van der Waals surface area contributed by atoms with Gasteiger partial charge in [-0.1, -0.05) is 23.2 Å². The molecule has 28 heavy (non-hydrogen) atoms. The number of nitrogens with zero attached hydrogens (tertiary/aromatic N) is 1. The summed E-state index contributed by atoms with van der Waals surface area (Å²) < 4.78 is 6.66. The van der Waals surface area contributed by atoms with Gasteiger partial charge in [0.25, 0.3) is 5.91 Å². The Balaban J connectivity index is 2.23. The van der Waals surface area contributed by atoms with Crippen molar-refractivity contribution in [2.75, 3.05) is 6.61 Å². The van der Waals surface area contributed by atoms with E-state index in [0.29, 0.717) is 32.7 Å². The Hall–Kier alpha value is -2.50. The van der Waals surface area contributed by atoms with Crippen molar-refractivity contribution in [2.24, 2.45) is 0 Å².